The van der Waals surface area contributed by atoms with Crippen molar-refractivity contribution in [2.75, 3.05) is 13.1 Å². The summed E-state index contributed by atoms with van der Waals surface area (Å²) in [6.45, 7) is 5.58. The average Bonchev–Trinajstić information content (AvgIpc) is 2.96. The van der Waals surface area contributed by atoms with Gasteiger partial charge in [-0.25, -0.2) is 9.98 Å². The van der Waals surface area contributed by atoms with Crippen LogP contribution in [0.2, 0.25) is 0 Å². The number of guanidine groups is 1. The van der Waals surface area contributed by atoms with Gasteiger partial charge in [-0.2, -0.15) is 0 Å². The van der Waals surface area contributed by atoms with E-state index in [1.807, 2.05) is 20.0 Å². The molecule has 1 fully saturated rings. The van der Waals surface area contributed by atoms with Crippen LogP contribution >= 0.6 is 11.3 Å². The first-order valence-electron chi connectivity index (χ1n) is 8.40. The Morgan fingerprint density at radius 1 is 1.35 bits per heavy atom. The molecule has 0 aromatic carbocycles. The number of aryl methyl sites for hydroxylation is 1. The molecule has 0 radical (unpaired) electrons. The van der Waals surface area contributed by atoms with E-state index >= 15 is 0 Å². The fraction of sp³-hybridized carbons (Fsp3) is 0.688. The van der Waals surface area contributed by atoms with Crippen molar-refractivity contribution in [1.82, 2.24) is 20.9 Å². The second kappa shape index (κ2) is 9.50. The van der Waals surface area contributed by atoms with Gasteiger partial charge in [0.25, 0.3) is 0 Å². The number of hydrogen-bond donors (Lipinski definition) is 3. The number of thiazole rings is 1. The van der Waals surface area contributed by atoms with Crippen LogP contribution in [0, 0.1) is 6.92 Å². The third kappa shape index (κ3) is 6.56. The van der Waals surface area contributed by atoms with Crippen molar-refractivity contribution >= 4 is 23.2 Å². The molecule has 0 unspecified atom stereocenters. The first-order chi connectivity index (χ1) is 11.2. The van der Waals surface area contributed by atoms with Gasteiger partial charge in [-0.3, -0.25) is 4.79 Å². The van der Waals surface area contributed by atoms with Crippen LogP contribution in [-0.4, -0.2) is 36.0 Å². The number of amides is 1. The lowest BCUT2D eigenvalue weighted by molar-refractivity contribution is -0.120. The van der Waals surface area contributed by atoms with E-state index in [4.69, 9.17) is 0 Å². The number of hydrogen-bond acceptors (Lipinski definition) is 4. The predicted molar refractivity (Wildman–Crippen MR) is 94.7 cm³/mol. The number of aromatic nitrogens is 1. The van der Waals surface area contributed by atoms with Crippen molar-refractivity contribution in [2.24, 2.45) is 4.99 Å². The topological polar surface area (TPSA) is 78.4 Å². The lowest BCUT2D eigenvalue weighted by Gasteiger charge is -2.22. The van der Waals surface area contributed by atoms with E-state index in [0.717, 1.165) is 24.4 Å². The summed E-state index contributed by atoms with van der Waals surface area (Å²) in [7, 11) is 0. The maximum Gasteiger partial charge on any atom is 0.242 e. The minimum Gasteiger partial charge on any atom is -0.357 e. The fourth-order valence-corrected chi connectivity index (χ4v) is 3.38. The molecule has 1 aromatic rings. The number of nitrogens with one attached hydrogen (secondary N) is 3. The molecule has 2 rings (SSSR count). The summed E-state index contributed by atoms with van der Waals surface area (Å²) in [5.74, 6) is 0.651. The molecule has 0 atom stereocenters. The Morgan fingerprint density at radius 3 is 2.78 bits per heavy atom. The van der Waals surface area contributed by atoms with E-state index in [-0.39, 0.29) is 12.5 Å². The molecular weight excluding hydrogens is 310 g/mol. The van der Waals surface area contributed by atoms with E-state index in [0.29, 0.717) is 18.5 Å². The van der Waals surface area contributed by atoms with Crippen molar-refractivity contribution in [3.63, 3.8) is 0 Å². The van der Waals surface area contributed by atoms with Gasteiger partial charge in [0.1, 0.15) is 11.6 Å². The third-order valence-corrected chi connectivity index (χ3v) is 4.68. The number of nitrogens with zero attached hydrogens (tertiary/aromatic N) is 2. The van der Waals surface area contributed by atoms with Gasteiger partial charge in [-0.1, -0.05) is 19.3 Å². The van der Waals surface area contributed by atoms with Gasteiger partial charge in [0.15, 0.2) is 5.96 Å². The van der Waals surface area contributed by atoms with Gasteiger partial charge in [0.2, 0.25) is 5.91 Å². The van der Waals surface area contributed by atoms with Crippen LogP contribution in [0.4, 0.5) is 0 Å². The van der Waals surface area contributed by atoms with Crippen molar-refractivity contribution in [1.29, 1.82) is 0 Å². The maximum atomic E-state index is 12.0. The number of carbonyl (C=O) groups is 1. The fourth-order valence-electron chi connectivity index (χ4n) is 2.66. The Balaban J connectivity index is 1.78. The van der Waals surface area contributed by atoms with Gasteiger partial charge in [0.05, 0.1) is 6.54 Å². The van der Waals surface area contributed by atoms with E-state index < -0.39 is 0 Å². The van der Waals surface area contributed by atoms with E-state index in [1.54, 1.807) is 11.3 Å². The van der Waals surface area contributed by atoms with Crippen LogP contribution in [0.25, 0.3) is 0 Å². The maximum absolute atomic E-state index is 12.0. The van der Waals surface area contributed by atoms with Crippen LogP contribution < -0.4 is 16.0 Å². The molecule has 1 heterocycles. The van der Waals surface area contributed by atoms with Crippen LogP contribution in [0.15, 0.2) is 11.2 Å². The zero-order chi connectivity index (χ0) is 16.5. The molecule has 3 N–H and O–H groups in total. The van der Waals surface area contributed by atoms with Crippen LogP contribution in [0.5, 0.6) is 0 Å². The Labute approximate surface area is 142 Å². The van der Waals surface area contributed by atoms with Gasteiger partial charge in [-0.15, -0.1) is 11.3 Å². The molecule has 0 bridgehead atoms. The Bertz CT molecular complexity index is 522. The lowest BCUT2D eigenvalue weighted by Crippen LogP contribution is -2.40. The van der Waals surface area contributed by atoms with Gasteiger partial charge < -0.3 is 16.0 Å². The first kappa shape index (κ1) is 17.7. The lowest BCUT2D eigenvalue weighted by atomic mass is 9.95. The average molecular weight is 337 g/mol. The van der Waals surface area contributed by atoms with Crippen LogP contribution in [0.1, 0.15) is 48.9 Å². The van der Waals surface area contributed by atoms with E-state index in [2.05, 4.69) is 25.9 Å². The molecule has 23 heavy (non-hydrogen) atoms. The Morgan fingerprint density at radius 2 is 2.13 bits per heavy atom. The molecule has 7 heteroatoms. The summed E-state index contributed by atoms with van der Waals surface area (Å²) >= 11 is 1.66. The molecule has 1 aromatic heterocycles. The molecule has 1 saturated carbocycles. The standard InChI is InChI=1S/C16H27N5OS/c1-3-17-16(20-11-15-18-9-12(2)23-15)19-10-14(22)21-13-7-5-4-6-8-13/h9,13H,3-8,10-11H2,1-2H3,(H,21,22)(H2,17,19,20). The summed E-state index contributed by atoms with van der Waals surface area (Å²) in [6.07, 6.45) is 7.77. The summed E-state index contributed by atoms with van der Waals surface area (Å²) in [6, 6.07) is 0.334. The molecule has 6 nitrogen and oxygen atoms in total. The molecule has 128 valence electrons. The van der Waals surface area contributed by atoms with Crippen molar-refractivity contribution < 1.29 is 4.79 Å². The van der Waals surface area contributed by atoms with E-state index in [1.165, 1.54) is 24.1 Å². The molecule has 1 aliphatic carbocycles. The first-order valence-corrected chi connectivity index (χ1v) is 9.22. The van der Waals surface area contributed by atoms with Gasteiger partial charge in [-0.05, 0) is 26.7 Å². The molecule has 1 amide bonds. The largest absolute Gasteiger partial charge is 0.357 e. The highest BCUT2D eigenvalue weighted by molar-refractivity contribution is 7.11. The molecule has 0 aliphatic heterocycles. The van der Waals surface area contributed by atoms with Crippen molar-refractivity contribution in [3.05, 3.63) is 16.1 Å². The zero-order valence-corrected chi connectivity index (χ0v) is 14.8. The highest BCUT2D eigenvalue weighted by atomic mass is 32.1. The van der Waals surface area contributed by atoms with Crippen LogP contribution in [-0.2, 0) is 11.3 Å². The Kier molecular flexibility index (Phi) is 7.32. The summed E-state index contributed by atoms with van der Waals surface area (Å²) in [5, 5.41) is 10.5. The Hall–Kier alpha value is -1.63. The normalized spacial score (nSPS) is 16.2. The summed E-state index contributed by atoms with van der Waals surface area (Å²) < 4.78 is 0. The summed E-state index contributed by atoms with van der Waals surface area (Å²) in [5.41, 5.74) is 0. The van der Waals surface area contributed by atoms with E-state index in [9.17, 15) is 4.79 Å². The molecule has 0 spiro atoms. The SMILES string of the molecule is CCNC(=NCC(=O)NC1CCCCC1)NCc1ncc(C)s1. The van der Waals surface area contributed by atoms with Gasteiger partial charge in [0, 0.05) is 23.7 Å². The summed E-state index contributed by atoms with van der Waals surface area (Å²) in [4.78, 5) is 21.9. The highest BCUT2D eigenvalue weighted by Crippen LogP contribution is 2.17. The zero-order valence-electron chi connectivity index (χ0n) is 14.0. The minimum absolute atomic E-state index is 0.000744. The molecule has 0 saturated heterocycles. The number of carbonyl (C=O) groups excluding carboxylic acids is 1. The quantitative estimate of drug-likeness (QED) is 0.548. The predicted octanol–water partition coefficient (Wildman–Crippen LogP) is 1.96. The highest BCUT2D eigenvalue weighted by Gasteiger charge is 2.15. The van der Waals surface area contributed by atoms with Crippen LogP contribution in [0.3, 0.4) is 0 Å². The second-order valence-corrected chi connectivity index (χ2v) is 7.14. The van der Waals surface area contributed by atoms with Crippen molar-refractivity contribution in [2.45, 2.75) is 58.5 Å². The molecular formula is C16H27N5OS. The van der Waals surface area contributed by atoms with Crippen molar-refractivity contribution in [3.8, 4) is 0 Å². The number of aliphatic imine (C=N–C) groups is 1. The smallest absolute Gasteiger partial charge is 0.242 e. The number of rotatable bonds is 6. The molecule has 1 aliphatic rings. The van der Waals surface area contributed by atoms with Gasteiger partial charge >= 0.3 is 0 Å². The monoisotopic (exact) mass is 337 g/mol. The second-order valence-electron chi connectivity index (χ2n) is 5.82. The minimum atomic E-state index is -0.000744. The third-order valence-electron chi connectivity index (χ3n) is 3.77.